The zero-order valence-corrected chi connectivity index (χ0v) is 9.88. The van der Waals surface area contributed by atoms with Gasteiger partial charge in [-0.05, 0) is 49.4 Å². The van der Waals surface area contributed by atoms with Gasteiger partial charge in [-0.25, -0.2) is 0 Å². The van der Waals surface area contributed by atoms with Crippen LogP contribution in [0.15, 0.2) is 0 Å². The van der Waals surface area contributed by atoms with Gasteiger partial charge in [-0.3, -0.25) is 0 Å². The second-order valence-electron chi connectivity index (χ2n) is 5.87. The second kappa shape index (κ2) is 3.37. The van der Waals surface area contributed by atoms with E-state index in [4.69, 9.17) is 0 Å². The van der Waals surface area contributed by atoms with E-state index in [0.717, 1.165) is 13.3 Å². The van der Waals surface area contributed by atoms with E-state index in [2.05, 4.69) is 6.92 Å². The van der Waals surface area contributed by atoms with Crippen LogP contribution in [0, 0.1) is 29.6 Å². The van der Waals surface area contributed by atoms with Crippen LogP contribution in [-0.2, 0) is 0 Å². The third-order valence-electron chi connectivity index (χ3n) is 5.19. The predicted octanol–water partition coefficient (Wildman–Crippen LogP) is 3.23. The fourth-order valence-corrected chi connectivity index (χ4v) is 3.80. The van der Waals surface area contributed by atoms with Crippen LogP contribution < -0.4 is 0 Å². The van der Waals surface area contributed by atoms with Crippen molar-refractivity contribution in [1.29, 1.82) is 0 Å². The number of hydrogen-bond acceptors (Lipinski definition) is 1. The van der Waals surface area contributed by atoms with E-state index < -0.39 is 17.7 Å². The highest BCUT2D eigenvalue weighted by molar-refractivity contribution is 5.05. The van der Waals surface area contributed by atoms with Crippen LogP contribution >= 0.6 is 0 Å². The molecule has 16 heavy (non-hydrogen) atoms. The average molecular weight is 236 g/mol. The Kier molecular flexibility index (Phi) is 2.58. The molecule has 0 aromatic carbocycles. The molecule has 2 fully saturated rings. The maximum atomic E-state index is 12.8. The first-order valence-corrected chi connectivity index (χ1v) is 5.95. The fraction of sp³-hybridized carbons (Fsp3) is 1.00. The molecule has 2 rings (SSSR count). The van der Waals surface area contributed by atoms with Crippen LogP contribution in [0.5, 0.6) is 0 Å². The van der Waals surface area contributed by atoms with Gasteiger partial charge >= 0.3 is 6.18 Å². The van der Waals surface area contributed by atoms with Crippen molar-refractivity contribution in [2.24, 2.45) is 29.6 Å². The van der Waals surface area contributed by atoms with Crippen LogP contribution in [0.25, 0.3) is 0 Å². The topological polar surface area (TPSA) is 20.2 Å². The molecule has 6 atom stereocenters. The third-order valence-corrected chi connectivity index (χ3v) is 5.19. The van der Waals surface area contributed by atoms with Gasteiger partial charge in [0.25, 0.3) is 0 Å². The fourth-order valence-electron chi connectivity index (χ4n) is 3.80. The molecule has 0 radical (unpaired) electrons. The summed E-state index contributed by atoms with van der Waals surface area (Å²) in [5.41, 5.74) is -2.51. The summed E-state index contributed by atoms with van der Waals surface area (Å²) in [4.78, 5) is 0. The Morgan fingerprint density at radius 3 is 2.00 bits per heavy atom. The van der Waals surface area contributed by atoms with E-state index >= 15 is 0 Å². The highest BCUT2D eigenvalue weighted by atomic mass is 19.4. The summed E-state index contributed by atoms with van der Waals surface area (Å²) in [7, 11) is 0. The van der Waals surface area contributed by atoms with E-state index in [1.54, 1.807) is 0 Å². The Hall–Kier alpha value is -0.250. The minimum atomic E-state index is -4.51. The molecule has 0 heterocycles. The Morgan fingerprint density at radius 1 is 1.06 bits per heavy atom. The van der Waals surface area contributed by atoms with Gasteiger partial charge in [-0.15, -0.1) is 0 Å². The molecule has 0 aliphatic heterocycles. The van der Waals surface area contributed by atoms with E-state index in [1.807, 2.05) is 6.92 Å². The molecule has 2 aliphatic carbocycles. The number of hydrogen-bond donors (Lipinski definition) is 1. The lowest BCUT2D eigenvalue weighted by Gasteiger charge is -2.41. The number of alkyl halides is 3. The summed E-state index contributed by atoms with van der Waals surface area (Å²) >= 11 is 0. The molecule has 0 saturated heterocycles. The van der Waals surface area contributed by atoms with Gasteiger partial charge in [-0.2, -0.15) is 13.2 Å². The van der Waals surface area contributed by atoms with Crippen LogP contribution in [0.4, 0.5) is 13.2 Å². The van der Waals surface area contributed by atoms with Crippen LogP contribution in [-0.4, -0.2) is 16.9 Å². The van der Waals surface area contributed by atoms with Crippen molar-refractivity contribution >= 4 is 0 Å². The number of aliphatic hydroxyl groups is 1. The van der Waals surface area contributed by atoms with Crippen molar-refractivity contribution in [2.45, 2.75) is 45.4 Å². The molecule has 0 amide bonds. The molecule has 2 saturated carbocycles. The molecule has 0 aromatic heterocycles. The smallest absolute Gasteiger partial charge is 0.380 e. The van der Waals surface area contributed by atoms with Crippen molar-refractivity contribution < 1.29 is 18.3 Å². The van der Waals surface area contributed by atoms with Gasteiger partial charge in [0.2, 0.25) is 0 Å². The van der Waals surface area contributed by atoms with Crippen molar-refractivity contribution in [3.8, 4) is 0 Å². The Morgan fingerprint density at radius 2 is 1.62 bits per heavy atom. The summed E-state index contributed by atoms with van der Waals surface area (Å²) in [5, 5.41) is 9.75. The number of rotatable bonds is 1. The predicted molar refractivity (Wildman–Crippen MR) is 54.7 cm³/mol. The van der Waals surface area contributed by atoms with E-state index in [1.165, 1.54) is 0 Å². The lowest BCUT2D eigenvalue weighted by atomic mass is 9.69. The molecule has 2 bridgehead atoms. The number of halogens is 3. The molecule has 0 spiro atoms. The average Bonchev–Trinajstić information content (AvgIpc) is 2.66. The standard InChI is InChI=1S/C12H19F3O/c1-6-7(2)9-4-8(6)5-10(9)11(3,16)12(13,14)15/h6-10,16H,4-5H2,1-3H3. The molecule has 1 nitrogen and oxygen atoms in total. The molecular formula is C12H19F3O. The summed E-state index contributed by atoms with van der Waals surface area (Å²) < 4.78 is 38.4. The summed E-state index contributed by atoms with van der Waals surface area (Å²) in [6.07, 6.45) is -3.12. The van der Waals surface area contributed by atoms with E-state index in [-0.39, 0.29) is 5.92 Å². The van der Waals surface area contributed by atoms with Crippen molar-refractivity contribution in [2.75, 3.05) is 0 Å². The normalized spacial score (nSPS) is 47.1. The van der Waals surface area contributed by atoms with E-state index in [0.29, 0.717) is 24.2 Å². The molecule has 0 aromatic rings. The molecule has 4 heteroatoms. The molecule has 1 N–H and O–H groups in total. The molecular weight excluding hydrogens is 217 g/mol. The zero-order chi connectivity index (χ0) is 12.3. The van der Waals surface area contributed by atoms with Gasteiger partial charge in [-0.1, -0.05) is 13.8 Å². The SMILES string of the molecule is CC1C2CC(C1C)C(C(C)(O)C(F)(F)F)C2. The third kappa shape index (κ3) is 1.49. The quantitative estimate of drug-likeness (QED) is 0.741. The lowest BCUT2D eigenvalue weighted by molar-refractivity contribution is -0.279. The van der Waals surface area contributed by atoms with Crippen molar-refractivity contribution in [3.05, 3.63) is 0 Å². The maximum absolute atomic E-state index is 12.8. The highest BCUT2D eigenvalue weighted by Gasteiger charge is 2.62. The maximum Gasteiger partial charge on any atom is 0.417 e. The monoisotopic (exact) mass is 236 g/mol. The highest BCUT2D eigenvalue weighted by Crippen LogP contribution is 2.59. The second-order valence-corrected chi connectivity index (χ2v) is 5.87. The first kappa shape index (κ1) is 12.2. The largest absolute Gasteiger partial charge is 0.417 e. The minimum Gasteiger partial charge on any atom is -0.380 e. The zero-order valence-electron chi connectivity index (χ0n) is 9.88. The van der Waals surface area contributed by atoms with Crippen molar-refractivity contribution in [1.82, 2.24) is 0 Å². The molecule has 94 valence electrons. The summed E-state index contributed by atoms with van der Waals surface area (Å²) in [6, 6.07) is 0. The first-order valence-electron chi connectivity index (χ1n) is 5.95. The number of fused-ring (bicyclic) bond motifs is 2. The van der Waals surface area contributed by atoms with Crippen LogP contribution in [0.3, 0.4) is 0 Å². The van der Waals surface area contributed by atoms with Crippen LogP contribution in [0.2, 0.25) is 0 Å². The van der Waals surface area contributed by atoms with Gasteiger partial charge in [0.05, 0.1) is 0 Å². The van der Waals surface area contributed by atoms with Gasteiger partial charge in [0.1, 0.15) is 0 Å². The van der Waals surface area contributed by atoms with Crippen LogP contribution in [0.1, 0.15) is 33.6 Å². The van der Waals surface area contributed by atoms with Crippen molar-refractivity contribution in [3.63, 3.8) is 0 Å². The Balaban J connectivity index is 2.21. The Bertz CT molecular complexity index is 282. The minimum absolute atomic E-state index is 0.0385. The van der Waals surface area contributed by atoms with Gasteiger partial charge in [0, 0.05) is 0 Å². The van der Waals surface area contributed by atoms with E-state index in [9.17, 15) is 18.3 Å². The van der Waals surface area contributed by atoms with Gasteiger partial charge < -0.3 is 5.11 Å². The Labute approximate surface area is 94.0 Å². The lowest BCUT2D eigenvalue weighted by Crippen LogP contribution is -2.51. The summed E-state index contributed by atoms with van der Waals surface area (Å²) in [6.45, 7) is 5.08. The first-order chi connectivity index (χ1) is 7.16. The van der Waals surface area contributed by atoms with Gasteiger partial charge in [0.15, 0.2) is 5.60 Å². The summed E-state index contributed by atoms with van der Waals surface area (Å²) in [5.74, 6) is 0.613. The molecule has 6 unspecified atom stereocenters. The molecule has 2 aliphatic rings.